The maximum Gasteiger partial charge on any atom is 0.0865 e. The molecule has 0 aromatic rings. The van der Waals surface area contributed by atoms with Gasteiger partial charge in [0.15, 0.2) is 0 Å². The second kappa shape index (κ2) is 2.63. The zero-order valence-electron chi connectivity index (χ0n) is 2.15. The van der Waals surface area contributed by atoms with Gasteiger partial charge in [-0.25, -0.2) is 0 Å². The van der Waals surface area contributed by atoms with E-state index >= 15 is 0 Å². The SMILES string of the molecule is N=[C]CO. The monoisotopic (exact) mass is 58.0 g/mol. The molecule has 0 spiro atoms. The molecule has 0 aliphatic rings. The number of hydrogen-bond donors (Lipinski definition) is 2. The van der Waals surface area contributed by atoms with Crippen LogP contribution in [0.15, 0.2) is 0 Å². The highest BCUT2D eigenvalue weighted by atomic mass is 16.2. The lowest BCUT2D eigenvalue weighted by Crippen LogP contribution is -1.74. The van der Waals surface area contributed by atoms with Crippen LogP contribution in [0.5, 0.6) is 0 Å². The molecule has 0 unspecified atom stereocenters. The predicted molar refractivity (Wildman–Crippen MR) is 14.8 cm³/mol. The molecular weight excluding hydrogens is 54.0 g/mol. The van der Waals surface area contributed by atoms with Crippen molar-refractivity contribution in [1.82, 2.24) is 0 Å². The Morgan fingerprint density at radius 3 is 2.25 bits per heavy atom. The molecule has 0 atom stereocenters. The van der Waals surface area contributed by atoms with Gasteiger partial charge in [-0.05, 0) is 0 Å². The highest BCUT2D eigenvalue weighted by Crippen LogP contribution is 1.29. The average Bonchev–Trinajstić information content (AvgIpc) is 1.37. The molecule has 0 aliphatic carbocycles. The predicted octanol–water partition coefficient (Wildman–Crippen LogP) is -0.495. The van der Waals surface area contributed by atoms with Crippen LogP contribution in [0.25, 0.3) is 0 Å². The molecule has 2 N–H and O–H groups in total. The zero-order chi connectivity index (χ0) is 3.41. The Balaban J connectivity index is 2.30. The highest BCUT2D eigenvalue weighted by molar-refractivity contribution is 5.53. The standard InChI is InChI=1S/C2H4NO/c3-1-2-4/h3-4H,2H2. The Morgan fingerprint density at radius 2 is 2.25 bits per heavy atom. The van der Waals surface area contributed by atoms with Gasteiger partial charge < -0.3 is 10.5 Å². The fourth-order valence-corrected chi connectivity index (χ4v) is 0. The minimum atomic E-state index is -0.264. The summed E-state index contributed by atoms with van der Waals surface area (Å²) in [5, 5.41) is 13.5. The van der Waals surface area contributed by atoms with Crippen molar-refractivity contribution in [3.63, 3.8) is 0 Å². The van der Waals surface area contributed by atoms with E-state index in [4.69, 9.17) is 10.5 Å². The summed E-state index contributed by atoms with van der Waals surface area (Å²) in [4.78, 5) is 0. The summed E-state index contributed by atoms with van der Waals surface area (Å²) >= 11 is 0. The second-order valence-corrected chi connectivity index (χ2v) is 0.335. The van der Waals surface area contributed by atoms with Crippen molar-refractivity contribution in [2.75, 3.05) is 6.61 Å². The van der Waals surface area contributed by atoms with Crippen molar-refractivity contribution in [1.29, 1.82) is 5.41 Å². The van der Waals surface area contributed by atoms with Crippen molar-refractivity contribution in [3.05, 3.63) is 0 Å². The van der Waals surface area contributed by atoms with Crippen LogP contribution >= 0.6 is 0 Å². The number of hydrogen-bond acceptors (Lipinski definition) is 2. The molecule has 0 aliphatic heterocycles. The van der Waals surface area contributed by atoms with E-state index in [-0.39, 0.29) is 6.61 Å². The van der Waals surface area contributed by atoms with Crippen LogP contribution in [0.2, 0.25) is 0 Å². The van der Waals surface area contributed by atoms with E-state index in [9.17, 15) is 0 Å². The summed E-state index contributed by atoms with van der Waals surface area (Å²) in [7, 11) is 0. The molecule has 0 amide bonds. The summed E-state index contributed by atoms with van der Waals surface area (Å²) < 4.78 is 0. The van der Waals surface area contributed by atoms with Gasteiger partial charge in [0.25, 0.3) is 0 Å². The molecule has 0 saturated heterocycles. The van der Waals surface area contributed by atoms with E-state index < -0.39 is 0 Å². The second-order valence-electron chi connectivity index (χ2n) is 0.335. The van der Waals surface area contributed by atoms with Gasteiger partial charge in [-0.2, -0.15) is 0 Å². The molecule has 0 heterocycles. The molecule has 4 heavy (non-hydrogen) atoms. The molecule has 23 valence electrons. The van der Waals surface area contributed by atoms with Gasteiger partial charge >= 0.3 is 0 Å². The van der Waals surface area contributed by atoms with Gasteiger partial charge in [0.05, 0.1) is 12.8 Å². The molecule has 2 nitrogen and oxygen atoms in total. The lowest BCUT2D eigenvalue weighted by atomic mass is 10.8. The summed E-state index contributed by atoms with van der Waals surface area (Å²) in [5.41, 5.74) is 0. The molecule has 0 rings (SSSR count). The van der Waals surface area contributed by atoms with Crippen molar-refractivity contribution >= 4 is 6.21 Å². The first kappa shape index (κ1) is 3.63. The van der Waals surface area contributed by atoms with E-state index in [1.165, 1.54) is 0 Å². The molecule has 0 saturated carbocycles. The van der Waals surface area contributed by atoms with Gasteiger partial charge in [-0.15, -0.1) is 0 Å². The van der Waals surface area contributed by atoms with Gasteiger partial charge in [-0.3, -0.25) is 0 Å². The molecule has 1 radical (unpaired) electrons. The molecule has 2 heteroatoms. The third-order valence-corrected chi connectivity index (χ3v) is 0.0791. The summed E-state index contributed by atoms with van der Waals surface area (Å²) in [5.74, 6) is 0. The first-order chi connectivity index (χ1) is 1.91. The fourth-order valence-electron chi connectivity index (χ4n) is 0. The number of aliphatic hydroxyl groups excluding tert-OH is 1. The van der Waals surface area contributed by atoms with Crippen molar-refractivity contribution in [2.45, 2.75) is 0 Å². The zero-order valence-corrected chi connectivity index (χ0v) is 2.15. The average molecular weight is 58.1 g/mol. The molecular formula is C2H4NO. The van der Waals surface area contributed by atoms with Gasteiger partial charge in [0.1, 0.15) is 0 Å². The van der Waals surface area contributed by atoms with Gasteiger partial charge in [0.2, 0.25) is 0 Å². The lowest BCUT2D eigenvalue weighted by molar-refractivity contribution is 0.361. The van der Waals surface area contributed by atoms with E-state index in [0.717, 1.165) is 0 Å². The van der Waals surface area contributed by atoms with Gasteiger partial charge in [-0.1, -0.05) is 0 Å². The van der Waals surface area contributed by atoms with Crippen LogP contribution in [-0.2, 0) is 0 Å². The fraction of sp³-hybridized carbons (Fsp3) is 0.500. The highest BCUT2D eigenvalue weighted by Gasteiger charge is 1.50. The minimum absolute atomic E-state index is 0.264. The Kier molecular flexibility index (Phi) is 2.39. The summed E-state index contributed by atoms with van der Waals surface area (Å²) in [6.45, 7) is -0.264. The van der Waals surface area contributed by atoms with Crippen LogP contribution in [0.4, 0.5) is 0 Å². The van der Waals surface area contributed by atoms with Crippen molar-refractivity contribution in [2.24, 2.45) is 0 Å². The van der Waals surface area contributed by atoms with Crippen molar-refractivity contribution in [3.8, 4) is 0 Å². The van der Waals surface area contributed by atoms with E-state index in [0.29, 0.717) is 0 Å². The van der Waals surface area contributed by atoms with E-state index in [1.54, 1.807) is 6.21 Å². The van der Waals surface area contributed by atoms with Crippen LogP contribution < -0.4 is 0 Å². The number of nitrogens with one attached hydrogen (secondary N) is 1. The smallest absolute Gasteiger partial charge is 0.0865 e. The number of aliphatic hydroxyl groups is 1. The minimum Gasteiger partial charge on any atom is -0.390 e. The Morgan fingerprint density at radius 1 is 2.00 bits per heavy atom. The molecule has 0 aromatic carbocycles. The molecule has 0 fully saturated rings. The third-order valence-electron chi connectivity index (χ3n) is 0.0791. The van der Waals surface area contributed by atoms with Gasteiger partial charge in [0, 0.05) is 0 Å². The normalized spacial score (nSPS) is 6.25. The summed E-state index contributed by atoms with van der Waals surface area (Å²) in [6, 6.07) is 0. The molecule has 0 bridgehead atoms. The quantitative estimate of drug-likeness (QED) is 0.392. The topological polar surface area (TPSA) is 44.1 Å². The maximum absolute atomic E-state index is 7.58. The van der Waals surface area contributed by atoms with Crippen LogP contribution in [0.1, 0.15) is 0 Å². The van der Waals surface area contributed by atoms with Crippen LogP contribution in [-0.4, -0.2) is 17.9 Å². The largest absolute Gasteiger partial charge is 0.390 e. The molecule has 0 aromatic heterocycles. The Labute approximate surface area is 24.6 Å². The Bertz CT molecular complexity index is 20.0. The maximum atomic E-state index is 7.58. The Hall–Kier alpha value is -0.370. The van der Waals surface area contributed by atoms with E-state index in [1.807, 2.05) is 0 Å². The first-order valence-corrected chi connectivity index (χ1v) is 0.920. The first-order valence-electron chi connectivity index (χ1n) is 0.920. The van der Waals surface area contributed by atoms with Crippen molar-refractivity contribution < 1.29 is 5.11 Å². The van der Waals surface area contributed by atoms with Crippen LogP contribution in [0.3, 0.4) is 0 Å². The lowest BCUT2D eigenvalue weighted by Gasteiger charge is -1.56. The summed E-state index contributed by atoms with van der Waals surface area (Å²) in [6.07, 6.45) is 1.74. The third kappa shape index (κ3) is 1.63. The number of rotatable bonds is 1. The van der Waals surface area contributed by atoms with Crippen LogP contribution in [0, 0.1) is 5.41 Å². The van der Waals surface area contributed by atoms with E-state index in [2.05, 4.69) is 0 Å².